The summed E-state index contributed by atoms with van der Waals surface area (Å²) in [7, 11) is 0. The van der Waals surface area contributed by atoms with Crippen molar-refractivity contribution in [1.82, 2.24) is 9.78 Å². The fourth-order valence-electron chi connectivity index (χ4n) is 1.84. The largest absolute Gasteiger partial charge is 0.462 e. The number of nitrogens with one attached hydrogen (secondary N) is 1. The number of hydrogen-bond donors (Lipinski definition) is 2. The number of ether oxygens (including phenoxy) is 1. The fraction of sp³-hybridized carbons (Fsp3) is 0.214. The van der Waals surface area contributed by atoms with Crippen LogP contribution in [0.4, 0.5) is 10.6 Å². The first-order valence-electron chi connectivity index (χ1n) is 6.45. The first-order valence-corrected chi connectivity index (χ1v) is 6.45. The molecule has 1 aromatic heterocycles. The lowest BCUT2D eigenvalue weighted by atomic mass is 10.2. The molecule has 0 aliphatic rings. The third-order valence-electron chi connectivity index (χ3n) is 2.69. The van der Waals surface area contributed by atoms with Crippen LogP contribution in [-0.4, -0.2) is 28.4 Å². The molecule has 0 unspecified atom stereocenters. The van der Waals surface area contributed by atoms with Crippen LogP contribution in [0, 0.1) is 0 Å². The number of urea groups is 1. The molecule has 21 heavy (non-hydrogen) atoms. The zero-order valence-electron chi connectivity index (χ0n) is 11.6. The second kappa shape index (κ2) is 6.56. The summed E-state index contributed by atoms with van der Waals surface area (Å²) in [5.74, 6) is -0.461. The van der Waals surface area contributed by atoms with Gasteiger partial charge in [0.25, 0.3) is 0 Å². The van der Waals surface area contributed by atoms with Gasteiger partial charge in [0.1, 0.15) is 5.56 Å². The van der Waals surface area contributed by atoms with E-state index >= 15 is 0 Å². The van der Waals surface area contributed by atoms with Gasteiger partial charge in [0.05, 0.1) is 13.2 Å². The maximum absolute atomic E-state index is 11.8. The molecule has 2 rings (SSSR count). The number of rotatable bonds is 5. The molecule has 7 heteroatoms. The molecule has 7 nitrogen and oxygen atoms in total. The van der Waals surface area contributed by atoms with Gasteiger partial charge in [0.2, 0.25) is 0 Å². The molecule has 0 atom stereocenters. The topological polar surface area (TPSA) is 99.2 Å². The standard InChI is InChI=1S/C14H16N4O3/c1-2-21-13(19)11-9-18(17-12(11)16-14(15)20)8-10-6-4-3-5-7-10/h3-7,9H,2,8H2,1H3,(H3,15,16,17,20). The number of carbonyl (C=O) groups excluding carboxylic acids is 2. The zero-order valence-corrected chi connectivity index (χ0v) is 11.6. The maximum atomic E-state index is 11.8. The summed E-state index contributed by atoms with van der Waals surface area (Å²) in [6.07, 6.45) is 1.52. The quantitative estimate of drug-likeness (QED) is 0.816. The van der Waals surface area contributed by atoms with Crippen molar-refractivity contribution in [3.8, 4) is 0 Å². The summed E-state index contributed by atoms with van der Waals surface area (Å²) in [6.45, 7) is 2.40. The lowest BCUT2D eigenvalue weighted by molar-refractivity contribution is 0.0527. The molecule has 110 valence electrons. The molecule has 0 saturated heterocycles. The van der Waals surface area contributed by atoms with Crippen LogP contribution in [0.3, 0.4) is 0 Å². The Morgan fingerprint density at radius 2 is 2.05 bits per heavy atom. The van der Waals surface area contributed by atoms with Crippen LogP contribution in [0.5, 0.6) is 0 Å². The number of nitrogens with two attached hydrogens (primary N) is 1. The van der Waals surface area contributed by atoms with Crippen LogP contribution in [0.15, 0.2) is 36.5 Å². The molecule has 0 radical (unpaired) electrons. The van der Waals surface area contributed by atoms with Crippen molar-refractivity contribution in [2.24, 2.45) is 5.73 Å². The molecule has 0 fully saturated rings. The Morgan fingerprint density at radius 3 is 2.67 bits per heavy atom. The molecule has 1 heterocycles. The van der Waals surface area contributed by atoms with E-state index < -0.39 is 12.0 Å². The van der Waals surface area contributed by atoms with E-state index in [-0.39, 0.29) is 18.0 Å². The van der Waals surface area contributed by atoms with Gasteiger partial charge in [0, 0.05) is 6.20 Å². The van der Waals surface area contributed by atoms with Gasteiger partial charge in [-0.25, -0.2) is 9.59 Å². The Balaban J connectivity index is 2.26. The van der Waals surface area contributed by atoms with Crippen molar-refractivity contribution >= 4 is 17.8 Å². The van der Waals surface area contributed by atoms with E-state index in [1.807, 2.05) is 30.3 Å². The van der Waals surface area contributed by atoms with E-state index in [9.17, 15) is 9.59 Å². The fourth-order valence-corrected chi connectivity index (χ4v) is 1.84. The van der Waals surface area contributed by atoms with Gasteiger partial charge in [-0.15, -0.1) is 0 Å². The molecule has 2 aromatic rings. The van der Waals surface area contributed by atoms with Crippen molar-refractivity contribution in [1.29, 1.82) is 0 Å². The monoisotopic (exact) mass is 288 g/mol. The van der Waals surface area contributed by atoms with Crippen LogP contribution >= 0.6 is 0 Å². The van der Waals surface area contributed by atoms with Gasteiger partial charge >= 0.3 is 12.0 Å². The highest BCUT2D eigenvalue weighted by atomic mass is 16.5. The van der Waals surface area contributed by atoms with E-state index in [1.165, 1.54) is 6.20 Å². The van der Waals surface area contributed by atoms with Gasteiger partial charge in [-0.3, -0.25) is 10.00 Å². The number of esters is 1. The van der Waals surface area contributed by atoms with E-state index in [2.05, 4.69) is 10.4 Å². The van der Waals surface area contributed by atoms with E-state index in [0.29, 0.717) is 6.54 Å². The Kier molecular flexibility index (Phi) is 4.55. The van der Waals surface area contributed by atoms with Crippen molar-refractivity contribution in [3.05, 3.63) is 47.7 Å². The highest BCUT2D eigenvalue weighted by Gasteiger charge is 2.18. The number of anilines is 1. The number of amides is 2. The minimum atomic E-state index is -0.787. The Hall–Kier alpha value is -2.83. The van der Waals surface area contributed by atoms with Crippen molar-refractivity contribution in [3.63, 3.8) is 0 Å². The molecule has 0 aliphatic heterocycles. The first kappa shape index (κ1) is 14.6. The normalized spacial score (nSPS) is 10.1. The van der Waals surface area contributed by atoms with Crippen molar-refractivity contribution < 1.29 is 14.3 Å². The Bertz CT molecular complexity index is 637. The molecule has 0 spiro atoms. The highest BCUT2D eigenvalue weighted by Crippen LogP contribution is 2.15. The van der Waals surface area contributed by atoms with E-state index in [0.717, 1.165) is 5.56 Å². The number of primary amides is 1. The Labute approximate surface area is 121 Å². The number of aromatic nitrogens is 2. The van der Waals surface area contributed by atoms with Crippen LogP contribution in [0.2, 0.25) is 0 Å². The van der Waals surface area contributed by atoms with Crippen LogP contribution in [0.1, 0.15) is 22.8 Å². The number of nitrogens with zero attached hydrogens (tertiary/aromatic N) is 2. The van der Waals surface area contributed by atoms with E-state index in [4.69, 9.17) is 10.5 Å². The van der Waals surface area contributed by atoms with Gasteiger partial charge in [-0.1, -0.05) is 30.3 Å². The van der Waals surface area contributed by atoms with Crippen LogP contribution in [-0.2, 0) is 11.3 Å². The lowest BCUT2D eigenvalue weighted by Gasteiger charge is -2.01. The van der Waals surface area contributed by atoms with Gasteiger partial charge in [-0.2, -0.15) is 5.10 Å². The van der Waals surface area contributed by atoms with Gasteiger partial charge < -0.3 is 10.5 Å². The van der Waals surface area contributed by atoms with Crippen molar-refractivity contribution in [2.45, 2.75) is 13.5 Å². The molecule has 1 aromatic carbocycles. The average molecular weight is 288 g/mol. The summed E-state index contributed by atoms with van der Waals surface area (Å²) in [5.41, 5.74) is 6.27. The molecular weight excluding hydrogens is 272 g/mol. The van der Waals surface area contributed by atoms with E-state index in [1.54, 1.807) is 11.6 Å². The minimum absolute atomic E-state index is 0.0943. The average Bonchev–Trinajstić information content (AvgIpc) is 2.82. The van der Waals surface area contributed by atoms with Crippen LogP contribution in [0.25, 0.3) is 0 Å². The first-order chi connectivity index (χ1) is 10.1. The number of benzene rings is 1. The molecular formula is C14H16N4O3. The lowest BCUT2D eigenvalue weighted by Crippen LogP contribution is -2.21. The molecule has 3 N–H and O–H groups in total. The van der Waals surface area contributed by atoms with Gasteiger partial charge in [-0.05, 0) is 12.5 Å². The maximum Gasteiger partial charge on any atom is 0.343 e. The summed E-state index contributed by atoms with van der Waals surface area (Å²) < 4.78 is 6.48. The van der Waals surface area contributed by atoms with Crippen LogP contribution < -0.4 is 11.1 Å². The third kappa shape index (κ3) is 3.82. The second-order valence-corrected chi connectivity index (χ2v) is 4.28. The number of hydrogen-bond acceptors (Lipinski definition) is 4. The summed E-state index contributed by atoms with van der Waals surface area (Å²) >= 11 is 0. The summed E-state index contributed by atoms with van der Waals surface area (Å²) in [6, 6.07) is 8.82. The smallest absolute Gasteiger partial charge is 0.343 e. The summed E-state index contributed by atoms with van der Waals surface area (Å²) in [4.78, 5) is 22.8. The third-order valence-corrected chi connectivity index (χ3v) is 2.69. The second-order valence-electron chi connectivity index (χ2n) is 4.28. The van der Waals surface area contributed by atoms with Gasteiger partial charge in [0.15, 0.2) is 5.82 Å². The molecule has 0 saturated carbocycles. The molecule has 0 aliphatic carbocycles. The molecule has 2 amide bonds. The molecule has 0 bridgehead atoms. The zero-order chi connectivity index (χ0) is 15.2. The SMILES string of the molecule is CCOC(=O)c1cn(Cc2ccccc2)nc1NC(N)=O. The predicted octanol–water partition coefficient (Wildman–Crippen LogP) is 1.60. The minimum Gasteiger partial charge on any atom is -0.462 e. The highest BCUT2D eigenvalue weighted by molar-refractivity contribution is 5.99. The van der Waals surface area contributed by atoms with Crippen molar-refractivity contribution in [2.75, 3.05) is 11.9 Å². The Morgan fingerprint density at radius 1 is 1.33 bits per heavy atom. The predicted molar refractivity (Wildman–Crippen MR) is 76.9 cm³/mol. The summed E-state index contributed by atoms with van der Waals surface area (Å²) in [5, 5.41) is 6.48. The number of carbonyl (C=O) groups is 2.